The van der Waals surface area contributed by atoms with Crippen LogP contribution in [0.5, 0.6) is 5.75 Å². The van der Waals surface area contributed by atoms with Gasteiger partial charge in [-0.05, 0) is 52.9 Å². The van der Waals surface area contributed by atoms with Crippen molar-refractivity contribution < 1.29 is 9.90 Å². The maximum absolute atomic E-state index is 12.3. The molecular formula is C13H11IN2O2. The number of rotatable bonds is 2. The molecule has 0 saturated carbocycles. The lowest BCUT2D eigenvalue weighted by atomic mass is 10.1. The Morgan fingerprint density at radius 1 is 1.39 bits per heavy atom. The van der Waals surface area contributed by atoms with E-state index >= 15 is 0 Å². The van der Waals surface area contributed by atoms with E-state index in [2.05, 4.69) is 27.6 Å². The van der Waals surface area contributed by atoms with Crippen molar-refractivity contribution in [3.05, 3.63) is 51.9 Å². The molecule has 0 fully saturated rings. The number of nitrogens with zero attached hydrogens (tertiary/aromatic N) is 2. The second-order valence-corrected chi connectivity index (χ2v) is 4.98. The van der Waals surface area contributed by atoms with Gasteiger partial charge in [-0.3, -0.25) is 9.78 Å². The van der Waals surface area contributed by atoms with Crippen LogP contribution in [0.2, 0.25) is 0 Å². The Morgan fingerprint density at radius 3 is 2.83 bits per heavy atom. The van der Waals surface area contributed by atoms with Crippen LogP contribution in [-0.4, -0.2) is 23.0 Å². The molecule has 1 heterocycles. The fourth-order valence-electron chi connectivity index (χ4n) is 1.53. The van der Waals surface area contributed by atoms with E-state index in [1.54, 1.807) is 43.7 Å². The van der Waals surface area contributed by atoms with Gasteiger partial charge in [-0.2, -0.15) is 0 Å². The molecule has 0 saturated heterocycles. The zero-order valence-corrected chi connectivity index (χ0v) is 11.8. The van der Waals surface area contributed by atoms with E-state index in [0.29, 0.717) is 5.69 Å². The highest BCUT2D eigenvalue weighted by Crippen LogP contribution is 2.23. The van der Waals surface area contributed by atoms with Crippen LogP contribution < -0.4 is 4.90 Å². The number of amides is 1. The first-order valence-corrected chi connectivity index (χ1v) is 6.34. The number of phenolic OH excluding ortho intramolecular Hbond substituents is 1. The summed E-state index contributed by atoms with van der Waals surface area (Å²) in [4.78, 5) is 17.7. The number of carbonyl (C=O) groups is 1. The molecule has 18 heavy (non-hydrogen) atoms. The second kappa shape index (κ2) is 5.34. The van der Waals surface area contributed by atoms with Gasteiger partial charge in [0.25, 0.3) is 5.91 Å². The van der Waals surface area contributed by atoms with Crippen molar-refractivity contribution in [3.8, 4) is 5.75 Å². The highest BCUT2D eigenvalue weighted by molar-refractivity contribution is 14.1. The molecule has 0 spiro atoms. The van der Waals surface area contributed by atoms with E-state index in [0.717, 1.165) is 3.57 Å². The molecule has 1 aromatic heterocycles. The Hall–Kier alpha value is -1.63. The first kappa shape index (κ1) is 12.8. The van der Waals surface area contributed by atoms with Crippen LogP contribution >= 0.6 is 22.6 Å². The SMILES string of the molecule is CN(C(=O)c1cc(I)ccc1O)c1cccnc1. The van der Waals surface area contributed by atoms with Crippen LogP contribution in [-0.2, 0) is 0 Å². The number of hydrogen-bond donors (Lipinski definition) is 1. The maximum atomic E-state index is 12.3. The van der Waals surface area contributed by atoms with Gasteiger partial charge in [0.2, 0.25) is 0 Å². The van der Waals surface area contributed by atoms with Crippen molar-refractivity contribution in [2.24, 2.45) is 0 Å². The van der Waals surface area contributed by atoms with E-state index in [4.69, 9.17) is 0 Å². The summed E-state index contributed by atoms with van der Waals surface area (Å²) in [5, 5.41) is 9.73. The molecule has 0 aliphatic heterocycles. The highest BCUT2D eigenvalue weighted by atomic mass is 127. The van der Waals surface area contributed by atoms with E-state index in [1.165, 1.54) is 11.0 Å². The number of benzene rings is 1. The molecule has 5 heteroatoms. The molecule has 92 valence electrons. The number of carbonyl (C=O) groups excluding carboxylic acids is 1. The molecule has 2 rings (SSSR count). The molecule has 2 aromatic rings. The number of aromatic hydroxyl groups is 1. The summed E-state index contributed by atoms with van der Waals surface area (Å²) >= 11 is 2.10. The summed E-state index contributed by atoms with van der Waals surface area (Å²) in [6, 6.07) is 8.47. The summed E-state index contributed by atoms with van der Waals surface area (Å²) in [5.74, 6) is -0.282. The van der Waals surface area contributed by atoms with E-state index < -0.39 is 0 Å². The van der Waals surface area contributed by atoms with Gasteiger partial charge in [0.1, 0.15) is 5.75 Å². The largest absolute Gasteiger partial charge is 0.507 e. The molecule has 0 atom stereocenters. The third-order valence-electron chi connectivity index (χ3n) is 2.53. The number of aromatic nitrogens is 1. The average molecular weight is 354 g/mol. The second-order valence-electron chi connectivity index (χ2n) is 3.74. The van der Waals surface area contributed by atoms with Gasteiger partial charge in [0.05, 0.1) is 17.4 Å². The minimum atomic E-state index is -0.265. The number of hydrogen-bond acceptors (Lipinski definition) is 3. The standard InChI is InChI=1S/C13H11IN2O2/c1-16(10-3-2-6-15-8-10)13(18)11-7-9(14)4-5-12(11)17/h2-8,17H,1H3. The smallest absolute Gasteiger partial charge is 0.261 e. The van der Waals surface area contributed by atoms with Gasteiger partial charge in [-0.25, -0.2) is 0 Å². The van der Waals surface area contributed by atoms with Crippen LogP contribution in [0.15, 0.2) is 42.7 Å². The zero-order valence-electron chi connectivity index (χ0n) is 9.67. The predicted molar refractivity (Wildman–Crippen MR) is 77.8 cm³/mol. The van der Waals surface area contributed by atoms with Crippen LogP contribution in [0.4, 0.5) is 5.69 Å². The monoisotopic (exact) mass is 354 g/mol. The van der Waals surface area contributed by atoms with Gasteiger partial charge >= 0.3 is 0 Å². The van der Waals surface area contributed by atoms with E-state index in [-0.39, 0.29) is 17.2 Å². The number of phenols is 1. The molecule has 1 amide bonds. The lowest BCUT2D eigenvalue weighted by Crippen LogP contribution is -2.26. The summed E-state index contributed by atoms with van der Waals surface area (Å²) < 4.78 is 0.897. The topological polar surface area (TPSA) is 53.4 Å². The lowest BCUT2D eigenvalue weighted by molar-refractivity contribution is 0.0990. The Labute approximate surface area is 118 Å². The van der Waals surface area contributed by atoms with Gasteiger partial charge in [0, 0.05) is 16.8 Å². The lowest BCUT2D eigenvalue weighted by Gasteiger charge is -2.17. The Kier molecular flexibility index (Phi) is 3.81. The van der Waals surface area contributed by atoms with Gasteiger partial charge in [-0.1, -0.05) is 0 Å². The highest BCUT2D eigenvalue weighted by Gasteiger charge is 2.17. The predicted octanol–water partition coefficient (Wildman–Crippen LogP) is 2.67. The summed E-state index contributed by atoms with van der Waals surface area (Å²) in [6.45, 7) is 0. The van der Waals surface area contributed by atoms with E-state index in [1.807, 2.05) is 0 Å². The third-order valence-corrected chi connectivity index (χ3v) is 3.20. The van der Waals surface area contributed by atoms with Gasteiger partial charge in [-0.15, -0.1) is 0 Å². The minimum Gasteiger partial charge on any atom is -0.507 e. The minimum absolute atomic E-state index is 0.0174. The quantitative estimate of drug-likeness (QED) is 0.844. The molecule has 0 radical (unpaired) electrons. The fraction of sp³-hybridized carbons (Fsp3) is 0.0769. The molecule has 1 N–H and O–H groups in total. The van der Waals surface area contributed by atoms with Crippen molar-refractivity contribution in [3.63, 3.8) is 0 Å². The first-order chi connectivity index (χ1) is 8.59. The van der Waals surface area contributed by atoms with Crippen molar-refractivity contribution in [1.29, 1.82) is 0 Å². The molecule has 0 aliphatic carbocycles. The Morgan fingerprint density at radius 2 is 2.17 bits per heavy atom. The average Bonchev–Trinajstić information content (AvgIpc) is 2.41. The van der Waals surface area contributed by atoms with Crippen molar-refractivity contribution in [2.75, 3.05) is 11.9 Å². The summed E-state index contributed by atoms with van der Waals surface area (Å²) in [6.07, 6.45) is 3.24. The molecule has 0 bridgehead atoms. The van der Waals surface area contributed by atoms with Gasteiger partial charge < -0.3 is 10.0 Å². The third kappa shape index (κ3) is 2.61. The molecule has 1 aromatic carbocycles. The maximum Gasteiger partial charge on any atom is 0.261 e. The first-order valence-electron chi connectivity index (χ1n) is 5.26. The molecular weight excluding hydrogens is 343 g/mol. The van der Waals surface area contributed by atoms with Crippen molar-refractivity contribution >= 4 is 34.2 Å². The number of anilines is 1. The van der Waals surface area contributed by atoms with Crippen LogP contribution in [0.1, 0.15) is 10.4 Å². The molecule has 4 nitrogen and oxygen atoms in total. The molecule has 0 aliphatic rings. The van der Waals surface area contributed by atoms with Crippen LogP contribution in [0.25, 0.3) is 0 Å². The summed E-state index contributed by atoms with van der Waals surface area (Å²) in [7, 11) is 1.65. The molecule has 0 unspecified atom stereocenters. The summed E-state index contributed by atoms with van der Waals surface area (Å²) in [5.41, 5.74) is 0.967. The van der Waals surface area contributed by atoms with Crippen molar-refractivity contribution in [1.82, 2.24) is 4.98 Å². The Balaban J connectivity index is 2.34. The normalized spacial score (nSPS) is 10.1. The Bertz CT molecular complexity index is 572. The fourth-order valence-corrected chi connectivity index (χ4v) is 2.02. The van der Waals surface area contributed by atoms with Crippen LogP contribution in [0, 0.1) is 3.57 Å². The number of halogens is 1. The number of pyridine rings is 1. The van der Waals surface area contributed by atoms with Crippen molar-refractivity contribution in [2.45, 2.75) is 0 Å². The zero-order chi connectivity index (χ0) is 13.1. The van der Waals surface area contributed by atoms with E-state index in [9.17, 15) is 9.90 Å². The van der Waals surface area contributed by atoms with Gasteiger partial charge in [0.15, 0.2) is 0 Å². The van der Waals surface area contributed by atoms with Crippen LogP contribution in [0.3, 0.4) is 0 Å².